The van der Waals surface area contributed by atoms with E-state index >= 15 is 0 Å². The van der Waals surface area contributed by atoms with Crippen LogP contribution < -0.4 is 0 Å². The van der Waals surface area contributed by atoms with Gasteiger partial charge in [0.25, 0.3) is 0 Å². The first-order chi connectivity index (χ1) is 18.6. The van der Waals surface area contributed by atoms with Gasteiger partial charge in [0.15, 0.2) is 9.84 Å². The van der Waals surface area contributed by atoms with Crippen LogP contribution in [0.4, 0.5) is 8.78 Å². The molecule has 1 fully saturated rings. The molecule has 0 aliphatic heterocycles. The van der Waals surface area contributed by atoms with Crippen molar-refractivity contribution < 1.29 is 17.2 Å². The molecular formula is C28H28F2N6O2S. The van der Waals surface area contributed by atoms with Crippen molar-refractivity contribution in [2.45, 2.75) is 51.5 Å². The van der Waals surface area contributed by atoms with Gasteiger partial charge in [-0.1, -0.05) is 26.8 Å². The molecule has 3 heterocycles. The van der Waals surface area contributed by atoms with Crippen molar-refractivity contribution in [1.82, 2.24) is 29.9 Å². The van der Waals surface area contributed by atoms with Crippen molar-refractivity contribution in [1.29, 1.82) is 0 Å². The first-order valence-electron chi connectivity index (χ1n) is 13.0. The molecule has 11 heteroatoms. The Morgan fingerprint density at radius 1 is 1.08 bits per heavy atom. The van der Waals surface area contributed by atoms with Crippen LogP contribution >= 0.6 is 0 Å². The van der Waals surface area contributed by atoms with E-state index in [0.717, 1.165) is 35.4 Å². The van der Waals surface area contributed by atoms with Gasteiger partial charge in [-0.25, -0.2) is 22.2 Å². The van der Waals surface area contributed by atoms with Crippen molar-refractivity contribution in [3.8, 4) is 22.5 Å². The summed E-state index contributed by atoms with van der Waals surface area (Å²) < 4.78 is 54.5. The van der Waals surface area contributed by atoms with E-state index in [-0.39, 0.29) is 40.6 Å². The van der Waals surface area contributed by atoms with Crippen LogP contribution in [0.2, 0.25) is 0 Å². The number of nitrogens with zero attached hydrogens (tertiary/aromatic N) is 6. The number of hydrogen-bond acceptors (Lipinski definition) is 7. The summed E-state index contributed by atoms with van der Waals surface area (Å²) >= 11 is 0. The molecule has 39 heavy (non-hydrogen) atoms. The summed E-state index contributed by atoms with van der Waals surface area (Å²) in [6.07, 6.45) is 8.52. The Hall–Kier alpha value is -3.60. The van der Waals surface area contributed by atoms with Gasteiger partial charge in [0.05, 0.1) is 58.4 Å². The monoisotopic (exact) mass is 550 g/mol. The highest BCUT2D eigenvalue weighted by molar-refractivity contribution is 7.91. The minimum Gasteiger partial charge on any atom is -0.271 e. The summed E-state index contributed by atoms with van der Waals surface area (Å²) in [6, 6.07) is 5.55. The molecule has 2 atom stereocenters. The average molecular weight is 551 g/mol. The normalized spacial score (nSPS) is 21.3. The number of benzene rings is 1. The van der Waals surface area contributed by atoms with Gasteiger partial charge >= 0.3 is 0 Å². The fourth-order valence-electron chi connectivity index (χ4n) is 6.46. The highest BCUT2D eigenvalue weighted by Crippen LogP contribution is 2.69. The molecule has 2 aliphatic carbocycles. The van der Waals surface area contributed by atoms with Gasteiger partial charge < -0.3 is 0 Å². The van der Waals surface area contributed by atoms with E-state index in [4.69, 9.17) is 4.98 Å². The van der Waals surface area contributed by atoms with E-state index in [1.54, 1.807) is 42.5 Å². The number of aryl methyl sites for hydroxylation is 1. The number of hydrogen-bond donors (Lipinski definition) is 0. The molecule has 8 nitrogen and oxygen atoms in total. The molecule has 0 saturated heterocycles. The fourth-order valence-corrected chi connectivity index (χ4v) is 7.22. The lowest BCUT2D eigenvalue weighted by atomic mass is 9.66. The minimum atomic E-state index is -3.11. The van der Waals surface area contributed by atoms with Crippen LogP contribution in [0.3, 0.4) is 0 Å². The molecule has 3 aromatic heterocycles. The van der Waals surface area contributed by atoms with Crippen LogP contribution in [0.5, 0.6) is 0 Å². The summed E-state index contributed by atoms with van der Waals surface area (Å²) in [5, 5.41) is 13.2. The summed E-state index contributed by atoms with van der Waals surface area (Å²) in [5.74, 6) is -1.12. The van der Waals surface area contributed by atoms with Gasteiger partial charge in [-0.15, -0.1) is 5.10 Å². The second-order valence-corrected chi connectivity index (χ2v) is 13.3. The Morgan fingerprint density at radius 3 is 2.59 bits per heavy atom. The Labute approximate surface area is 225 Å². The van der Waals surface area contributed by atoms with E-state index in [1.165, 1.54) is 18.2 Å². The lowest BCUT2D eigenvalue weighted by molar-refractivity contribution is 0.242. The molecule has 2 bridgehead atoms. The predicted molar refractivity (Wildman–Crippen MR) is 142 cm³/mol. The first kappa shape index (κ1) is 25.7. The first-order valence-corrected chi connectivity index (χ1v) is 14.8. The SMILES string of the molecule is CCS(=O)(=O)CCn1cc(-c2cncc([C@]34CC[C@@H](c5cc(-c6c(F)cccc6F)nnc53)C4(C)C)n2)cn1. The maximum atomic E-state index is 14.5. The molecule has 0 unspecified atom stereocenters. The van der Waals surface area contributed by atoms with Gasteiger partial charge in [0.1, 0.15) is 11.6 Å². The van der Waals surface area contributed by atoms with E-state index in [2.05, 4.69) is 34.1 Å². The van der Waals surface area contributed by atoms with Crippen LogP contribution in [0, 0.1) is 17.0 Å². The molecule has 202 valence electrons. The Kier molecular flexibility index (Phi) is 5.90. The molecule has 4 aromatic rings. The summed E-state index contributed by atoms with van der Waals surface area (Å²) in [7, 11) is -3.11. The van der Waals surface area contributed by atoms with Crippen LogP contribution in [-0.2, 0) is 21.8 Å². The zero-order valence-electron chi connectivity index (χ0n) is 21.9. The van der Waals surface area contributed by atoms with Crippen molar-refractivity contribution >= 4 is 9.84 Å². The van der Waals surface area contributed by atoms with Crippen molar-refractivity contribution in [3.63, 3.8) is 0 Å². The van der Waals surface area contributed by atoms with Crippen LogP contribution in [0.15, 0.2) is 49.1 Å². The third kappa shape index (κ3) is 3.89. The largest absolute Gasteiger partial charge is 0.271 e. The molecular weight excluding hydrogens is 522 g/mol. The third-order valence-corrected chi connectivity index (χ3v) is 10.4. The number of fused-ring (bicyclic) bond motifs is 5. The van der Waals surface area contributed by atoms with Crippen LogP contribution in [0.1, 0.15) is 56.5 Å². The maximum Gasteiger partial charge on any atom is 0.151 e. The number of rotatable bonds is 7. The highest BCUT2D eigenvalue weighted by Gasteiger charge is 2.65. The third-order valence-electron chi connectivity index (χ3n) is 8.67. The summed E-state index contributed by atoms with van der Waals surface area (Å²) in [5.41, 5.74) is 2.98. The van der Waals surface area contributed by atoms with Gasteiger partial charge in [0.2, 0.25) is 0 Å². The van der Waals surface area contributed by atoms with Crippen molar-refractivity contribution in [2.75, 3.05) is 11.5 Å². The molecule has 0 radical (unpaired) electrons. The molecule has 0 N–H and O–H groups in total. The minimum absolute atomic E-state index is 0.0171. The molecule has 0 amide bonds. The van der Waals surface area contributed by atoms with E-state index < -0.39 is 26.9 Å². The average Bonchev–Trinajstić information content (AvgIpc) is 3.55. The van der Waals surface area contributed by atoms with Gasteiger partial charge in [-0.05, 0) is 47.9 Å². The zero-order valence-corrected chi connectivity index (χ0v) is 22.7. The second kappa shape index (κ2) is 8.97. The lowest BCUT2D eigenvalue weighted by Gasteiger charge is -2.37. The fraction of sp³-hybridized carbons (Fsp3) is 0.393. The van der Waals surface area contributed by atoms with Gasteiger partial charge in [-0.3, -0.25) is 9.67 Å². The topological polar surface area (TPSA) is 104 Å². The predicted octanol–water partition coefficient (Wildman–Crippen LogP) is 4.71. The van der Waals surface area contributed by atoms with Crippen LogP contribution in [-0.4, -0.2) is 49.9 Å². The molecule has 0 spiro atoms. The molecule has 1 aromatic carbocycles. The molecule has 2 aliphatic rings. The van der Waals surface area contributed by atoms with E-state index in [1.807, 2.05) is 0 Å². The van der Waals surface area contributed by atoms with E-state index in [9.17, 15) is 17.2 Å². The van der Waals surface area contributed by atoms with E-state index in [0.29, 0.717) is 5.69 Å². The maximum absolute atomic E-state index is 14.5. The van der Waals surface area contributed by atoms with Crippen molar-refractivity contribution in [3.05, 3.63) is 77.6 Å². The van der Waals surface area contributed by atoms with Gasteiger partial charge in [0, 0.05) is 23.7 Å². The van der Waals surface area contributed by atoms with Crippen LogP contribution in [0.25, 0.3) is 22.5 Å². The number of sulfone groups is 1. The Balaban J connectivity index is 1.39. The summed E-state index contributed by atoms with van der Waals surface area (Å²) in [6.45, 7) is 6.24. The quantitative estimate of drug-likeness (QED) is 0.328. The number of halogens is 2. The standard InChI is InChI=1S/C28H28F2N6O2S/c1-4-39(37,38)11-10-36-16-17(13-32-36)23-14-31-15-24(33-23)28-9-8-19(27(28,2)3)18-12-22(34-35-26(18)28)25-20(29)6-5-7-21(25)30/h5-7,12-16,19H,4,8-11H2,1-3H3/t19-,28+/m0/s1. The van der Waals surface area contributed by atoms with Crippen molar-refractivity contribution in [2.24, 2.45) is 5.41 Å². The molecule has 1 saturated carbocycles. The Bertz CT molecular complexity index is 1680. The van der Waals surface area contributed by atoms with Gasteiger partial charge in [-0.2, -0.15) is 10.2 Å². The Morgan fingerprint density at radius 2 is 1.85 bits per heavy atom. The molecule has 6 rings (SSSR count). The highest BCUT2D eigenvalue weighted by atomic mass is 32.2. The zero-order chi connectivity index (χ0) is 27.6. The second-order valence-electron chi connectivity index (χ2n) is 10.9. The summed E-state index contributed by atoms with van der Waals surface area (Å²) in [4.78, 5) is 9.52. The smallest absolute Gasteiger partial charge is 0.151 e. The lowest BCUT2D eigenvalue weighted by Crippen LogP contribution is -2.38. The number of aromatic nitrogens is 6.